The molecule has 0 atom stereocenters. The molecule has 1 rings (SSSR count). The van der Waals surface area contributed by atoms with Crippen LogP contribution in [0.3, 0.4) is 0 Å². The number of carbonyl (C=O) groups is 1. The number of hydrogen-bond donors (Lipinski definition) is 3. The lowest BCUT2D eigenvalue weighted by Gasteiger charge is -2.14. The molecule has 0 aromatic heterocycles. The number of primary amides is 1. The third-order valence-corrected chi connectivity index (χ3v) is 1.48. The van der Waals surface area contributed by atoms with Gasteiger partial charge in [-0.3, -0.25) is 4.79 Å². The summed E-state index contributed by atoms with van der Waals surface area (Å²) in [5.74, 6) is -0.594. The summed E-state index contributed by atoms with van der Waals surface area (Å²) in [5, 5.41) is 11.7. The Morgan fingerprint density at radius 2 is 2.08 bits per heavy atom. The summed E-state index contributed by atoms with van der Waals surface area (Å²) < 4.78 is 0. The Morgan fingerprint density at radius 1 is 1.50 bits per heavy atom. The first kappa shape index (κ1) is 13.3. The molecule has 12 heavy (non-hydrogen) atoms. The lowest BCUT2D eigenvalue weighted by molar-refractivity contribution is -0.115. The van der Waals surface area contributed by atoms with E-state index in [1.54, 1.807) is 0 Å². The van der Waals surface area contributed by atoms with Gasteiger partial charge < -0.3 is 27.1 Å². The van der Waals surface area contributed by atoms with Crippen molar-refractivity contribution in [2.75, 3.05) is 6.54 Å². The molecular formula is C6H14N2O4. The van der Waals surface area contributed by atoms with Crippen molar-refractivity contribution in [2.24, 2.45) is 5.73 Å². The van der Waals surface area contributed by atoms with E-state index in [1.807, 2.05) is 0 Å². The molecule has 1 aliphatic rings. The zero-order valence-electron chi connectivity index (χ0n) is 6.55. The van der Waals surface area contributed by atoms with Crippen LogP contribution in [0.5, 0.6) is 0 Å². The summed E-state index contributed by atoms with van der Waals surface area (Å²) in [6.45, 7) is 0.711. The average Bonchev–Trinajstić information content (AvgIpc) is 1.88. The zero-order chi connectivity index (χ0) is 7.56. The molecule has 72 valence electrons. The van der Waals surface area contributed by atoms with Gasteiger partial charge in [0.2, 0.25) is 5.91 Å². The fourth-order valence-corrected chi connectivity index (χ4v) is 0.937. The van der Waals surface area contributed by atoms with E-state index in [0.717, 1.165) is 6.42 Å². The third-order valence-electron chi connectivity index (χ3n) is 1.48. The van der Waals surface area contributed by atoms with Gasteiger partial charge in [0.05, 0.1) is 5.57 Å². The van der Waals surface area contributed by atoms with Crippen molar-refractivity contribution < 1.29 is 20.9 Å². The molecule has 1 amide bonds. The van der Waals surface area contributed by atoms with Crippen molar-refractivity contribution >= 4 is 5.91 Å². The van der Waals surface area contributed by atoms with Crippen LogP contribution in [0.2, 0.25) is 0 Å². The molecule has 0 spiro atoms. The minimum Gasteiger partial charge on any atom is -0.494 e. The van der Waals surface area contributed by atoms with Gasteiger partial charge in [0, 0.05) is 6.54 Å². The molecule has 0 saturated heterocycles. The lowest BCUT2D eigenvalue weighted by Crippen LogP contribution is -2.27. The Morgan fingerprint density at radius 3 is 2.42 bits per heavy atom. The van der Waals surface area contributed by atoms with Crippen LogP contribution in [0.15, 0.2) is 11.5 Å². The quantitative estimate of drug-likeness (QED) is 0.426. The molecule has 8 N–H and O–H groups in total. The van der Waals surface area contributed by atoms with E-state index >= 15 is 0 Å². The number of hydrogen-bond acceptors (Lipinski definition) is 3. The third kappa shape index (κ3) is 2.77. The largest absolute Gasteiger partial charge is 0.494 e. The van der Waals surface area contributed by atoms with E-state index in [-0.39, 0.29) is 16.8 Å². The number of aliphatic hydroxyl groups is 1. The molecule has 0 aliphatic carbocycles. The molecular weight excluding hydrogens is 164 g/mol. The van der Waals surface area contributed by atoms with Crippen LogP contribution in [0.4, 0.5) is 0 Å². The molecule has 0 bridgehead atoms. The van der Waals surface area contributed by atoms with E-state index in [4.69, 9.17) is 10.8 Å². The van der Waals surface area contributed by atoms with E-state index in [0.29, 0.717) is 18.5 Å². The van der Waals surface area contributed by atoms with Gasteiger partial charge in [-0.1, -0.05) is 0 Å². The molecule has 0 unspecified atom stereocenters. The lowest BCUT2D eigenvalue weighted by atomic mass is 10.1. The molecule has 1 aliphatic heterocycles. The summed E-state index contributed by atoms with van der Waals surface area (Å²) in [6, 6.07) is 0. The Balaban J connectivity index is 0. The maximum absolute atomic E-state index is 10.5. The standard InChI is InChI=1S/C6H10N2O2.2H2O/c7-5(9)4-2-1-3-8-6(4)10;;/h8,10H,1-3H2,(H2,7,9);2*1H2. The smallest absolute Gasteiger partial charge is 0.249 e. The Hall–Kier alpha value is -1.27. The monoisotopic (exact) mass is 178 g/mol. The predicted molar refractivity (Wildman–Crippen MR) is 43.3 cm³/mol. The van der Waals surface area contributed by atoms with E-state index in [2.05, 4.69) is 5.32 Å². The summed E-state index contributed by atoms with van der Waals surface area (Å²) in [5.41, 5.74) is 5.27. The highest BCUT2D eigenvalue weighted by Gasteiger charge is 2.14. The maximum Gasteiger partial charge on any atom is 0.249 e. The summed E-state index contributed by atoms with van der Waals surface area (Å²) >= 11 is 0. The summed E-state index contributed by atoms with van der Waals surface area (Å²) in [7, 11) is 0. The number of aliphatic hydroxyl groups excluding tert-OH is 1. The van der Waals surface area contributed by atoms with Crippen LogP contribution in [-0.2, 0) is 4.79 Å². The van der Waals surface area contributed by atoms with Crippen molar-refractivity contribution in [1.82, 2.24) is 5.32 Å². The fraction of sp³-hybridized carbons (Fsp3) is 0.500. The van der Waals surface area contributed by atoms with Crippen molar-refractivity contribution in [2.45, 2.75) is 12.8 Å². The number of nitrogens with one attached hydrogen (secondary N) is 1. The van der Waals surface area contributed by atoms with Crippen LogP contribution >= 0.6 is 0 Å². The summed E-state index contributed by atoms with van der Waals surface area (Å²) in [4.78, 5) is 10.5. The highest BCUT2D eigenvalue weighted by Crippen LogP contribution is 2.11. The minimum atomic E-state index is -0.537. The molecule has 0 radical (unpaired) electrons. The van der Waals surface area contributed by atoms with Crippen LogP contribution in [0, 0.1) is 0 Å². The summed E-state index contributed by atoms with van der Waals surface area (Å²) in [6.07, 6.45) is 1.43. The van der Waals surface area contributed by atoms with Crippen molar-refractivity contribution in [3.63, 3.8) is 0 Å². The fourth-order valence-electron chi connectivity index (χ4n) is 0.937. The van der Waals surface area contributed by atoms with Gasteiger partial charge in [-0.2, -0.15) is 0 Å². The molecule has 1 heterocycles. The van der Waals surface area contributed by atoms with Crippen LogP contribution in [0.1, 0.15) is 12.8 Å². The molecule has 0 aromatic rings. The number of amides is 1. The van der Waals surface area contributed by atoms with Crippen molar-refractivity contribution in [3.8, 4) is 0 Å². The number of nitrogens with two attached hydrogens (primary N) is 1. The van der Waals surface area contributed by atoms with Gasteiger partial charge in [-0.05, 0) is 12.8 Å². The molecule has 0 aromatic carbocycles. The van der Waals surface area contributed by atoms with Crippen molar-refractivity contribution in [1.29, 1.82) is 0 Å². The first-order valence-electron chi connectivity index (χ1n) is 3.17. The average molecular weight is 178 g/mol. The van der Waals surface area contributed by atoms with E-state index < -0.39 is 5.91 Å². The highest BCUT2D eigenvalue weighted by atomic mass is 16.3. The van der Waals surface area contributed by atoms with Gasteiger partial charge in [-0.25, -0.2) is 0 Å². The van der Waals surface area contributed by atoms with Gasteiger partial charge in [0.15, 0.2) is 5.88 Å². The molecule has 6 heteroatoms. The predicted octanol–water partition coefficient (Wildman–Crippen LogP) is -2.02. The normalized spacial score (nSPS) is 15.3. The Kier molecular flexibility index (Phi) is 5.99. The van der Waals surface area contributed by atoms with Crippen LogP contribution in [0.25, 0.3) is 0 Å². The van der Waals surface area contributed by atoms with E-state index in [1.165, 1.54) is 0 Å². The second-order valence-electron chi connectivity index (χ2n) is 2.22. The SMILES string of the molecule is NC(=O)C1=C(O)NCCC1.O.O. The molecule has 0 fully saturated rings. The first-order valence-corrected chi connectivity index (χ1v) is 3.17. The van der Waals surface area contributed by atoms with Gasteiger partial charge in [0.25, 0.3) is 0 Å². The van der Waals surface area contributed by atoms with Gasteiger partial charge in [0.1, 0.15) is 0 Å². The maximum atomic E-state index is 10.5. The molecule has 6 nitrogen and oxygen atoms in total. The number of carbonyl (C=O) groups excluding carboxylic acids is 1. The zero-order valence-corrected chi connectivity index (χ0v) is 6.55. The second kappa shape index (κ2) is 5.39. The van der Waals surface area contributed by atoms with Gasteiger partial charge in [-0.15, -0.1) is 0 Å². The van der Waals surface area contributed by atoms with Crippen molar-refractivity contribution in [3.05, 3.63) is 11.5 Å². The highest BCUT2D eigenvalue weighted by molar-refractivity contribution is 5.92. The minimum absolute atomic E-state index is 0. The second-order valence-corrected chi connectivity index (χ2v) is 2.22. The molecule has 0 saturated carbocycles. The van der Waals surface area contributed by atoms with Gasteiger partial charge >= 0.3 is 0 Å². The van der Waals surface area contributed by atoms with Crippen LogP contribution < -0.4 is 11.1 Å². The van der Waals surface area contributed by atoms with Crippen LogP contribution in [-0.4, -0.2) is 28.5 Å². The first-order chi connectivity index (χ1) is 4.72. The Labute approximate surface area is 69.7 Å². The Bertz CT molecular complexity index is 190. The van der Waals surface area contributed by atoms with E-state index in [9.17, 15) is 4.79 Å². The number of rotatable bonds is 1. The topological polar surface area (TPSA) is 138 Å².